The van der Waals surface area contributed by atoms with Crippen LogP contribution in [-0.4, -0.2) is 6.61 Å². The molecular weight excluding hydrogens is 340 g/mol. The third-order valence-electron chi connectivity index (χ3n) is 14.2. The molecule has 11 rings (SSSR count). The number of para-hydroxylation sites is 1. The number of hydrogen-bond acceptors (Lipinski definition) is 1. The number of ether oxygens (including phenoxy) is 1. The van der Waals surface area contributed by atoms with E-state index >= 15 is 0 Å². The number of hydrogen-bond donors (Lipinski definition) is 0. The van der Waals surface area contributed by atoms with Crippen molar-refractivity contribution in [2.24, 2.45) is 106 Å². The van der Waals surface area contributed by atoms with Crippen LogP contribution in [0.25, 0.3) is 0 Å². The highest BCUT2D eigenvalue weighted by molar-refractivity contribution is 5.42. The molecule has 1 aromatic carbocycles. The first-order chi connectivity index (χ1) is 13.9. The number of rotatable bonds is 3. The molecule has 0 bridgehead atoms. The van der Waals surface area contributed by atoms with Gasteiger partial charge in [0, 0.05) is 5.41 Å². The van der Waals surface area contributed by atoms with Gasteiger partial charge in [0.05, 0.1) is 6.61 Å². The van der Waals surface area contributed by atoms with Crippen molar-refractivity contribution in [3.8, 4) is 5.75 Å². The van der Waals surface area contributed by atoms with Gasteiger partial charge in [0.25, 0.3) is 0 Å². The van der Waals surface area contributed by atoms with Crippen molar-refractivity contribution < 1.29 is 4.74 Å². The average Bonchev–Trinajstić information content (AvgIpc) is 3.45. The minimum absolute atomic E-state index is 0.612. The van der Waals surface area contributed by atoms with Crippen LogP contribution in [0.3, 0.4) is 0 Å². The fourth-order valence-electron chi connectivity index (χ4n) is 15.5. The molecule has 10 aliphatic rings. The quantitative estimate of drug-likeness (QED) is 0.766. The van der Waals surface area contributed by atoms with Crippen molar-refractivity contribution in [3.63, 3.8) is 0 Å². The van der Waals surface area contributed by atoms with Gasteiger partial charge in [0.15, 0.2) is 0 Å². The predicted molar refractivity (Wildman–Crippen MR) is 103 cm³/mol. The summed E-state index contributed by atoms with van der Waals surface area (Å²) in [6, 6.07) is 10.9. The van der Waals surface area contributed by atoms with Crippen LogP contribution >= 0.6 is 0 Å². The summed E-state index contributed by atoms with van der Waals surface area (Å²) in [5.41, 5.74) is 0.612. The van der Waals surface area contributed by atoms with Gasteiger partial charge in [-0.1, -0.05) is 18.2 Å². The molecule has 0 saturated heterocycles. The second-order valence-corrected chi connectivity index (χ2v) is 13.2. The molecule has 142 valence electrons. The molecule has 1 heteroatoms. The molecule has 10 fully saturated rings. The summed E-state index contributed by atoms with van der Waals surface area (Å²) in [7, 11) is 0. The minimum atomic E-state index is 0.612. The summed E-state index contributed by atoms with van der Waals surface area (Å²) < 4.78 is 6.73. The van der Waals surface area contributed by atoms with Crippen LogP contribution in [0, 0.1) is 106 Å². The molecule has 4 unspecified atom stereocenters. The number of fused-ring (bicyclic) bond motifs is 4. The molecule has 0 amide bonds. The Bertz CT molecular complexity index is 926. The van der Waals surface area contributed by atoms with Crippen molar-refractivity contribution in [1.29, 1.82) is 0 Å². The zero-order chi connectivity index (χ0) is 17.3. The van der Waals surface area contributed by atoms with Crippen LogP contribution < -0.4 is 4.74 Å². The van der Waals surface area contributed by atoms with Crippen molar-refractivity contribution in [1.82, 2.24) is 0 Å². The highest BCUT2D eigenvalue weighted by Crippen LogP contribution is 2.99. The fraction of sp³-hybridized carbons (Fsp3) is 0.778. The lowest BCUT2D eigenvalue weighted by molar-refractivity contribution is 0.0116. The molecule has 0 aliphatic heterocycles. The van der Waals surface area contributed by atoms with Crippen LogP contribution in [0.1, 0.15) is 12.8 Å². The first-order valence-corrected chi connectivity index (χ1v) is 12.6. The Balaban J connectivity index is 1.18. The lowest BCUT2D eigenvalue weighted by Crippen LogP contribution is -2.42. The Morgan fingerprint density at radius 3 is 1.86 bits per heavy atom. The van der Waals surface area contributed by atoms with E-state index in [1.165, 1.54) is 59.2 Å². The second kappa shape index (κ2) is 3.52. The molecule has 0 heterocycles. The van der Waals surface area contributed by atoms with Crippen molar-refractivity contribution in [3.05, 3.63) is 30.3 Å². The van der Waals surface area contributed by atoms with E-state index < -0.39 is 0 Å². The van der Waals surface area contributed by atoms with E-state index in [0.29, 0.717) is 5.41 Å². The minimum Gasteiger partial charge on any atom is -0.493 e. The summed E-state index contributed by atoms with van der Waals surface area (Å²) in [6.45, 7) is 1.09. The molecule has 0 radical (unpaired) electrons. The van der Waals surface area contributed by atoms with Gasteiger partial charge in [-0.25, -0.2) is 0 Å². The van der Waals surface area contributed by atoms with Crippen LogP contribution in [0.2, 0.25) is 0 Å². The predicted octanol–water partition coefficient (Wildman–Crippen LogP) is 4.44. The summed E-state index contributed by atoms with van der Waals surface area (Å²) in [4.78, 5) is 0. The maximum atomic E-state index is 6.73. The van der Waals surface area contributed by atoms with Crippen LogP contribution in [0.4, 0.5) is 0 Å². The van der Waals surface area contributed by atoms with Crippen LogP contribution in [0.15, 0.2) is 30.3 Å². The lowest BCUT2D eigenvalue weighted by Gasteiger charge is -2.42. The highest BCUT2D eigenvalue weighted by Gasteiger charge is 2.96. The molecular formula is C27H28O. The molecule has 1 aromatic rings. The topological polar surface area (TPSA) is 9.23 Å². The van der Waals surface area contributed by atoms with Gasteiger partial charge >= 0.3 is 0 Å². The van der Waals surface area contributed by atoms with E-state index in [0.717, 1.165) is 53.8 Å². The first-order valence-electron chi connectivity index (χ1n) is 12.6. The maximum absolute atomic E-state index is 6.73. The summed E-state index contributed by atoms with van der Waals surface area (Å²) in [5.74, 6) is 21.0. The Hall–Kier alpha value is -0.980. The van der Waals surface area contributed by atoms with Gasteiger partial charge in [0.2, 0.25) is 0 Å². The second-order valence-electron chi connectivity index (χ2n) is 13.2. The lowest BCUT2D eigenvalue weighted by atomic mass is 9.63. The Morgan fingerprint density at radius 2 is 1.21 bits per heavy atom. The van der Waals surface area contributed by atoms with Gasteiger partial charge in [-0.3, -0.25) is 0 Å². The van der Waals surface area contributed by atoms with Crippen LogP contribution in [-0.2, 0) is 0 Å². The third-order valence-corrected chi connectivity index (χ3v) is 14.2. The van der Waals surface area contributed by atoms with E-state index in [9.17, 15) is 0 Å². The first kappa shape index (κ1) is 13.3. The fourth-order valence-corrected chi connectivity index (χ4v) is 15.5. The Morgan fingerprint density at radius 1 is 0.607 bits per heavy atom. The Kier molecular flexibility index (Phi) is 1.68. The molecule has 0 N–H and O–H groups in total. The molecule has 0 spiro atoms. The molecule has 18 atom stereocenters. The van der Waals surface area contributed by atoms with Gasteiger partial charge in [-0.15, -0.1) is 0 Å². The maximum Gasteiger partial charge on any atom is 0.119 e. The zero-order valence-electron chi connectivity index (χ0n) is 16.2. The summed E-state index contributed by atoms with van der Waals surface area (Å²) in [6.07, 6.45) is 3.34. The molecule has 1 nitrogen and oxygen atoms in total. The molecule has 0 aromatic heterocycles. The molecule has 10 aliphatic carbocycles. The third kappa shape index (κ3) is 0.895. The summed E-state index contributed by atoms with van der Waals surface area (Å²) >= 11 is 0. The van der Waals surface area contributed by atoms with E-state index in [2.05, 4.69) is 30.3 Å². The van der Waals surface area contributed by atoms with Crippen molar-refractivity contribution in [2.45, 2.75) is 12.8 Å². The largest absolute Gasteiger partial charge is 0.493 e. The van der Waals surface area contributed by atoms with Crippen molar-refractivity contribution >= 4 is 0 Å². The van der Waals surface area contributed by atoms with Gasteiger partial charge in [-0.05, 0) is 126 Å². The van der Waals surface area contributed by atoms with Crippen molar-refractivity contribution in [2.75, 3.05) is 6.61 Å². The van der Waals surface area contributed by atoms with E-state index in [1.807, 2.05) is 0 Å². The normalized spacial score (nSPS) is 76.9. The molecule has 28 heavy (non-hydrogen) atoms. The smallest absolute Gasteiger partial charge is 0.119 e. The zero-order valence-corrected chi connectivity index (χ0v) is 16.2. The standard InChI is InChI=1S/C27H28O/c1-2-4-9(5-3-1)28-8-27-24-12-6-10-14-11-7-13(24)18-16(11)21-19(14)20-15(10)17(12)25(27)22(20)23(21)26(18)27/h1-5,10-26H,6-8H2/t10-,11+,12-,13-,14?,15+,16-,17-,18-,19?,20+,21-,22+,23+,24?,25-,26+,27?/m1/s1. The van der Waals surface area contributed by atoms with Gasteiger partial charge in [0.1, 0.15) is 5.75 Å². The SMILES string of the molecule is c1ccc(OCC23C4[C@@H]5C[C@@H]6C7C8[C@@H]9[C@@H]6[C@@H]5[C@@H]2[C@@H]9[C@@H]2[C@@H]8[C@H]5[C@H]([C@@H]23)[C@H]4C[C@@H]75)cc1. The van der Waals surface area contributed by atoms with Crippen LogP contribution in [0.5, 0.6) is 5.75 Å². The van der Waals surface area contributed by atoms with E-state index in [1.54, 1.807) is 12.8 Å². The average molecular weight is 369 g/mol. The monoisotopic (exact) mass is 368 g/mol. The van der Waals surface area contributed by atoms with Gasteiger partial charge < -0.3 is 4.74 Å². The summed E-state index contributed by atoms with van der Waals surface area (Å²) in [5, 5.41) is 0. The molecule has 10 saturated carbocycles. The van der Waals surface area contributed by atoms with Gasteiger partial charge in [-0.2, -0.15) is 0 Å². The number of benzene rings is 1. The van der Waals surface area contributed by atoms with E-state index in [4.69, 9.17) is 4.74 Å². The highest BCUT2D eigenvalue weighted by atomic mass is 16.5. The van der Waals surface area contributed by atoms with E-state index in [-0.39, 0.29) is 0 Å². The Labute approximate surface area is 166 Å².